The number of anilines is 1. The van der Waals surface area contributed by atoms with Gasteiger partial charge in [-0.3, -0.25) is 0 Å². The van der Waals surface area contributed by atoms with Crippen molar-refractivity contribution in [3.05, 3.63) is 47.5 Å². The molecule has 0 aromatic heterocycles. The summed E-state index contributed by atoms with van der Waals surface area (Å²) in [5, 5.41) is 3.66. The summed E-state index contributed by atoms with van der Waals surface area (Å²) in [6.45, 7) is 7.24. The number of ether oxygens (including phenoxy) is 2. The van der Waals surface area contributed by atoms with Crippen LogP contribution in [0.25, 0.3) is 16.7 Å². The Morgan fingerprint density at radius 1 is 1.19 bits per heavy atom. The fraction of sp³-hybridized carbons (Fsp3) is 0.391. The van der Waals surface area contributed by atoms with E-state index in [1.54, 1.807) is 7.11 Å². The van der Waals surface area contributed by atoms with E-state index in [0.29, 0.717) is 6.54 Å². The molecule has 0 amide bonds. The molecule has 0 saturated carbocycles. The van der Waals surface area contributed by atoms with Crippen molar-refractivity contribution in [2.75, 3.05) is 19.0 Å². The van der Waals surface area contributed by atoms with Crippen LogP contribution in [0, 0.1) is 0 Å². The average molecular weight is 364 g/mol. The van der Waals surface area contributed by atoms with Crippen molar-refractivity contribution in [2.45, 2.75) is 45.3 Å². The summed E-state index contributed by atoms with van der Waals surface area (Å²) in [6.07, 6.45) is 4.11. The first-order valence-electron chi connectivity index (χ1n) is 9.64. The molecule has 27 heavy (non-hydrogen) atoms. The van der Waals surface area contributed by atoms with Gasteiger partial charge in [-0.2, -0.15) is 0 Å². The minimum absolute atomic E-state index is 0.00975. The van der Waals surface area contributed by atoms with Crippen molar-refractivity contribution in [2.24, 2.45) is 5.73 Å². The second kappa shape index (κ2) is 6.61. The molecular formula is C23H28N2O2. The van der Waals surface area contributed by atoms with Gasteiger partial charge in [-0.25, -0.2) is 0 Å². The quantitative estimate of drug-likeness (QED) is 0.788. The lowest BCUT2D eigenvalue weighted by molar-refractivity contribution is 0.188. The second-order valence-electron chi connectivity index (χ2n) is 7.99. The third-order valence-electron chi connectivity index (χ3n) is 5.41. The molecule has 142 valence electrons. The third-order valence-corrected chi connectivity index (χ3v) is 5.41. The number of nitrogens with one attached hydrogen (secondary N) is 1. The Kier molecular flexibility index (Phi) is 4.39. The first kappa shape index (κ1) is 17.9. The molecular weight excluding hydrogens is 336 g/mol. The van der Waals surface area contributed by atoms with Crippen LogP contribution in [-0.2, 0) is 0 Å². The van der Waals surface area contributed by atoms with E-state index >= 15 is 0 Å². The van der Waals surface area contributed by atoms with E-state index < -0.39 is 0 Å². The van der Waals surface area contributed by atoms with E-state index in [9.17, 15) is 0 Å². The van der Waals surface area contributed by atoms with Crippen molar-refractivity contribution < 1.29 is 9.47 Å². The Balaban J connectivity index is 1.97. The van der Waals surface area contributed by atoms with E-state index in [2.05, 4.69) is 44.3 Å². The summed E-state index contributed by atoms with van der Waals surface area (Å²) in [5.74, 6) is 1.73. The van der Waals surface area contributed by atoms with Gasteiger partial charge in [-0.15, -0.1) is 0 Å². The molecule has 3 N–H and O–H groups in total. The fourth-order valence-corrected chi connectivity index (χ4v) is 4.46. The van der Waals surface area contributed by atoms with Gasteiger partial charge in [0.05, 0.1) is 18.2 Å². The minimum Gasteiger partial charge on any atom is -0.496 e. The molecule has 1 unspecified atom stereocenters. The highest BCUT2D eigenvalue weighted by Gasteiger charge is 2.34. The van der Waals surface area contributed by atoms with Crippen LogP contribution in [0.1, 0.15) is 50.8 Å². The molecule has 2 aromatic rings. The lowest BCUT2D eigenvalue weighted by Crippen LogP contribution is -2.32. The summed E-state index contributed by atoms with van der Waals surface area (Å²) in [7, 11) is 1.71. The normalized spacial score (nSPS) is 19.0. The molecule has 2 heterocycles. The molecule has 0 saturated heterocycles. The van der Waals surface area contributed by atoms with Gasteiger partial charge in [0.2, 0.25) is 0 Å². The number of methoxy groups -OCH3 is 1. The van der Waals surface area contributed by atoms with Gasteiger partial charge in [0, 0.05) is 16.8 Å². The van der Waals surface area contributed by atoms with Crippen molar-refractivity contribution in [3.63, 3.8) is 0 Å². The van der Waals surface area contributed by atoms with Crippen LogP contribution in [-0.4, -0.2) is 19.2 Å². The number of hydrogen-bond acceptors (Lipinski definition) is 4. The van der Waals surface area contributed by atoms with Gasteiger partial charge in [0.25, 0.3) is 0 Å². The van der Waals surface area contributed by atoms with Crippen molar-refractivity contribution >= 4 is 11.3 Å². The molecule has 0 radical (unpaired) electrons. The number of fused-ring (bicyclic) bond motifs is 5. The largest absolute Gasteiger partial charge is 0.496 e. The fourth-order valence-electron chi connectivity index (χ4n) is 4.46. The Morgan fingerprint density at radius 3 is 2.74 bits per heavy atom. The number of hydrogen-bond donors (Lipinski definition) is 2. The van der Waals surface area contributed by atoms with Gasteiger partial charge < -0.3 is 20.5 Å². The van der Waals surface area contributed by atoms with Crippen LogP contribution >= 0.6 is 0 Å². The highest BCUT2D eigenvalue weighted by molar-refractivity contribution is 5.91. The first-order chi connectivity index (χ1) is 12.9. The summed E-state index contributed by atoms with van der Waals surface area (Å²) in [5.41, 5.74) is 12.9. The maximum absolute atomic E-state index is 6.48. The Hall–Kier alpha value is -2.46. The molecule has 2 aliphatic heterocycles. The monoisotopic (exact) mass is 364 g/mol. The number of nitrogens with two attached hydrogens (primary N) is 1. The smallest absolute Gasteiger partial charge is 0.131 e. The zero-order valence-corrected chi connectivity index (χ0v) is 16.6. The molecule has 4 nitrogen and oxygen atoms in total. The summed E-state index contributed by atoms with van der Waals surface area (Å²) in [6, 6.07) is 10.4. The molecule has 2 aromatic carbocycles. The zero-order valence-electron chi connectivity index (χ0n) is 16.6. The lowest BCUT2D eigenvalue weighted by Gasteiger charge is -2.37. The van der Waals surface area contributed by atoms with Crippen LogP contribution in [0.3, 0.4) is 0 Å². The van der Waals surface area contributed by atoms with Crippen molar-refractivity contribution in [1.29, 1.82) is 0 Å². The van der Waals surface area contributed by atoms with Crippen LogP contribution in [0.2, 0.25) is 0 Å². The van der Waals surface area contributed by atoms with E-state index in [1.807, 2.05) is 18.2 Å². The molecule has 1 atom stereocenters. The van der Waals surface area contributed by atoms with Gasteiger partial charge in [0.15, 0.2) is 0 Å². The number of allylic oxidation sites excluding steroid dienone is 1. The Labute approximate surface area is 161 Å². The van der Waals surface area contributed by atoms with E-state index in [-0.39, 0.29) is 11.6 Å². The van der Waals surface area contributed by atoms with E-state index in [4.69, 9.17) is 15.2 Å². The van der Waals surface area contributed by atoms with E-state index in [0.717, 1.165) is 29.9 Å². The second-order valence-corrected chi connectivity index (χ2v) is 7.99. The van der Waals surface area contributed by atoms with Gasteiger partial charge in [-0.05, 0) is 69.5 Å². The molecule has 0 spiro atoms. The number of benzene rings is 2. The summed E-state index contributed by atoms with van der Waals surface area (Å²) in [4.78, 5) is 0. The zero-order chi connectivity index (χ0) is 19.2. The van der Waals surface area contributed by atoms with Crippen LogP contribution in [0.15, 0.2) is 36.4 Å². The molecule has 4 rings (SSSR count). The number of rotatable bonds is 4. The topological polar surface area (TPSA) is 56.5 Å². The lowest BCUT2D eigenvalue weighted by atomic mass is 9.81. The van der Waals surface area contributed by atoms with Crippen LogP contribution in [0.5, 0.6) is 11.5 Å². The third kappa shape index (κ3) is 2.98. The Morgan fingerprint density at radius 2 is 2.00 bits per heavy atom. The maximum atomic E-state index is 6.48. The van der Waals surface area contributed by atoms with Crippen molar-refractivity contribution in [1.82, 2.24) is 0 Å². The van der Waals surface area contributed by atoms with Gasteiger partial charge in [-0.1, -0.05) is 18.2 Å². The van der Waals surface area contributed by atoms with Crippen molar-refractivity contribution in [3.8, 4) is 22.6 Å². The molecule has 4 heteroatoms. The van der Waals surface area contributed by atoms with Gasteiger partial charge >= 0.3 is 0 Å². The maximum Gasteiger partial charge on any atom is 0.131 e. The SMILES string of the molecule is COc1cccc2c1-c1ccc3c(c1C(CCCN)O2)C(C)=CC(C)(C)N3. The summed E-state index contributed by atoms with van der Waals surface area (Å²) < 4.78 is 12.1. The first-order valence-corrected chi connectivity index (χ1v) is 9.64. The van der Waals surface area contributed by atoms with E-state index in [1.165, 1.54) is 28.0 Å². The highest BCUT2D eigenvalue weighted by atomic mass is 16.5. The predicted octanol–water partition coefficient (Wildman–Crippen LogP) is 5.14. The molecule has 0 aliphatic carbocycles. The minimum atomic E-state index is -0.0663. The molecule has 0 bridgehead atoms. The van der Waals surface area contributed by atoms with Crippen LogP contribution in [0.4, 0.5) is 5.69 Å². The highest BCUT2D eigenvalue weighted by Crippen LogP contribution is 2.52. The standard InChI is InChI=1S/C23H28N2O2/c1-14-13-23(2,3)25-16-11-10-15-21-17(26-4)7-5-8-18(21)27-19(9-6-12-24)22(15)20(14)16/h5,7-8,10-11,13,19,25H,6,9,12,24H2,1-4H3. The predicted molar refractivity (Wildman–Crippen MR) is 111 cm³/mol. The average Bonchev–Trinajstić information content (AvgIpc) is 2.63. The van der Waals surface area contributed by atoms with Gasteiger partial charge in [0.1, 0.15) is 17.6 Å². The molecule has 0 fully saturated rings. The van der Waals surface area contributed by atoms with Crippen LogP contribution < -0.4 is 20.5 Å². The Bertz CT molecular complexity index is 915. The summed E-state index contributed by atoms with van der Waals surface area (Å²) >= 11 is 0. The molecule has 2 aliphatic rings.